The lowest BCUT2D eigenvalue weighted by Crippen LogP contribution is -2.61. The van der Waals surface area contributed by atoms with Gasteiger partial charge in [0.2, 0.25) is 35.4 Å². The van der Waals surface area contributed by atoms with E-state index in [9.17, 15) is 48.9 Å². The highest BCUT2D eigenvalue weighted by atomic mass is 16.4. The maximum Gasteiger partial charge on any atom is 0.328 e. The summed E-state index contributed by atoms with van der Waals surface area (Å²) in [6.45, 7) is 4.07. The summed E-state index contributed by atoms with van der Waals surface area (Å²) in [6, 6.07) is -9.21. The van der Waals surface area contributed by atoms with Gasteiger partial charge in [0.05, 0.1) is 31.7 Å². The fourth-order valence-corrected chi connectivity index (χ4v) is 6.40. The number of hydrogen-bond donors (Lipinski definition) is 12. The zero-order valence-electron chi connectivity index (χ0n) is 32.9. The first-order valence-corrected chi connectivity index (χ1v) is 19.1. The summed E-state index contributed by atoms with van der Waals surface area (Å²) in [4.78, 5) is 116. The first kappa shape index (κ1) is 45.5. The second kappa shape index (κ2) is 21.5. The second-order valence-electron chi connectivity index (χ2n) is 14.4. The van der Waals surface area contributed by atoms with Crippen LogP contribution in [0.5, 0.6) is 0 Å². The van der Waals surface area contributed by atoms with E-state index in [1.807, 2.05) is 0 Å². The van der Waals surface area contributed by atoms with Gasteiger partial charge in [-0.15, -0.1) is 0 Å². The molecule has 23 nitrogen and oxygen atoms in total. The zero-order chi connectivity index (χ0) is 43.2. The van der Waals surface area contributed by atoms with Gasteiger partial charge in [-0.05, 0) is 25.7 Å². The molecule has 23 heteroatoms. The monoisotopic (exact) mass is 827 g/mol. The van der Waals surface area contributed by atoms with Crippen molar-refractivity contribution in [1.82, 2.24) is 61.4 Å². The van der Waals surface area contributed by atoms with Crippen molar-refractivity contribution in [1.29, 1.82) is 0 Å². The molecule has 4 heterocycles. The van der Waals surface area contributed by atoms with Crippen molar-refractivity contribution >= 4 is 41.4 Å². The number of carbonyl (C=O) groups is 7. The van der Waals surface area contributed by atoms with Crippen LogP contribution in [0.1, 0.15) is 57.1 Å². The van der Waals surface area contributed by atoms with Gasteiger partial charge in [-0.2, -0.15) is 0 Å². The molecule has 0 aliphatic carbocycles. The lowest BCUT2D eigenvalue weighted by atomic mass is 9.96. The normalized spacial score (nSPS) is 17.9. The molecule has 9 atom stereocenters. The Morgan fingerprint density at radius 1 is 0.763 bits per heavy atom. The first-order chi connectivity index (χ1) is 28.1. The zero-order valence-corrected chi connectivity index (χ0v) is 32.9. The fourth-order valence-electron chi connectivity index (χ4n) is 6.40. The summed E-state index contributed by atoms with van der Waals surface area (Å²) in [6.07, 6.45) is 7.93. The molecule has 3 aromatic heterocycles. The number of amides is 6. The standard InChI is InChI=1S/C36H53N13O10/c1-4-18(2)29(48-31(53)24(9-21-12-39-16-42-21)44-33(55)28(37)19(3)51)34(56)45-23(8-20-11-38-15-41-20)30(52)46-25(10-22-13-40-17-43-22)35(57)49-7-5-6-27(49)32(54)47-26(14-50)36(58)59/h11-13,15-19,23-29,50-51H,4-10,14,37H2,1-3H3,(H,38,41)(H,39,42)(H,40,43)(H,44,55)(H,45,56)(H,46,52)(H,47,54)(H,48,53)(H,58,59)/t18-,19+,23-,24-,25-,26-,27-,28-,29-/m0/s1. The van der Waals surface area contributed by atoms with E-state index in [4.69, 9.17) is 5.73 Å². The third-order valence-corrected chi connectivity index (χ3v) is 10.1. The number of rotatable bonds is 22. The molecule has 13 N–H and O–H groups in total. The average Bonchev–Trinajstić information content (AvgIpc) is 4.06. The maximum absolute atomic E-state index is 14.2. The molecule has 6 amide bonds. The predicted octanol–water partition coefficient (Wildman–Crippen LogP) is -3.87. The number of aliphatic hydroxyl groups is 2. The Balaban J connectivity index is 1.58. The predicted molar refractivity (Wildman–Crippen MR) is 205 cm³/mol. The Labute approximate surface area is 338 Å². The Kier molecular flexibility index (Phi) is 16.6. The number of nitrogens with two attached hydrogens (primary N) is 1. The summed E-state index contributed by atoms with van der Waals surface area (Å²) >= 11 is 0. The number of aliphatic carboxylic acids is 1. The van der Waals surface area contributed by atoms with Crippen LogP contribution in [0.3, 0.4) is 0 Å². The number of nitrogens with zero attached hydrogens (tertiary/aromatic N) is 4. The van der Waals surface area contributed by atoms with Crippen LogP contribution in [0, 0.1) is 5.92 Å². The minimum Gasteiger partial charge on any atom is -0.480 e. The molecule has 0 aromatic carbocycles. The number of nitrogens with one attached hydrogen (secondary N) is 8. The van der Waals surface area contributed by atoms with E-state index in [2.05, 4.69) is 56.5 Å². The summed E-state index contributed by atoms with van der Waals surface area (Å²) < 4.78 is 0. The van der Waals surface area contributed by atoms with Crippen molar-refractivity contribution in [3.05, 3.63) is 54.7 Å². The molecule has 4 rings (SSSR count). The number of aromatic amines is 3. The number of hydrogen-bond acceptors (Lipinski definition) is 13. The molecule has 59 heavy (non-hydrogen) atoms. The van der Waals surface area contributed by atoms with Crippen LogP contribution in [0.4, 0.5) is 0 Å². The molecular formula is C36H53N13O10. The van der Waals surface area contributed by atoms with E-state index in [0.29, 0.717) is 29.9 Å². The van der Waals surface area contributed by atoms with Crippen molar-refractivity contribution in [3.8, 4) is 0 Å². The van der Waals surface area contributed by atoms with Gasteiger partial charge in [0, 0.05) is 61.5 Å². The molecular weight excluding hydrogens is 774 g/mol. The topological polar surface area (TPSA) is 356 Å². The quantitative estimate of drug-likeness (QED) is 0.0461. The molecule has 0 bridgehead atoms. The van der Waals surface area contributed by atoms with E-state index < -0.39 is 102 Å². The second-order valence-corrected chi connectivity index (χ2v) is 14.4. The van der Waals surface area contributed by atoms with Crippen molar-refractivity contribution in [2.75, 3.05) is 13.2 Å². The Morgan fingerprint density at radius 2 is 1.25 bits per heavy atom. The summed E-state index contributed by atoms with van der Waals surface area (Å²) in [5.41, 5.74) is 7.19. The third-order valence-electron chi connectivity index (χ3n) is 10.1. The first-order valence-electron chi connectivity index (χ1n) is 19.1. The highest BCUT2D eigenvalue weighted by molar-refractivity contribution is 5.97. The highest BCUT2D eigenvalue weighted by Gasteiger charge is 2.40. The summed E-state index contributed by atoms with van der Waals surface area (Å²) in [5.74, 6) is -6.55. The molecule has 0 unspecified atom stereocenters. The van der Waals surface area contributed by atoms with E-state index in [0.717, 1.165) is 0 Å². The minimum atomic E-state index is -1.59. The van der Waals surface area contributed by atoms with Crippen LogP contribution in [-0.2, 0) is 52.8 Å². The van der Waals surface area contributed by atoms with Gasteiger partial charge in [0.1, 0.15) is 42.3 Å². The van der Waals surface area contributed by atoms with Crippen molar-refractivity contribution in [2.45, 2.75) is 108 Å². The van der Waals surface area contributed by atoms with Crippen LogP contribution < -0.4 is 32.3 Å². The summed E-state index contributed by atoms with van der Waals surface area (Å²) in [5, 5.41) is 41.6. The number of aliphatic hydroxyl groups excluding tert-OH is 2. The maximum atomic E-state index is 14.2. The van der Waals surface area contributed by atoms with Crippen molar-refractivity contribution in [3.63, 3.8) is 0 Å². The number of imidazole rings is 3. The van der Waals surface area contributed by atoms with Gasteiger partial charge in [0.15, 0.2) is 0 Å². The van der Waals surface area contributed by atoms with Gasteiger partial charge in [-0.1, -0.05) is 20.3 Å². The minimum absolute atomic E-state index is 0.0728. The summed E-state index contributed by atoms with van der Waals surface area (Å²) in [7, 11) is 0. The number of aromatic nitrogens is 6. The van der Waals surface area contributed by atoms with Crippen LogP contribution >= 0.6 is 0 Å². The van der Waals surface area contributed by atoms with Crippen molar-refractivity contribution < 1.29 is 48.9 Å². The number of carboxylic acid groups (broad SMARTS) is 1. The highest BCUT2D eigenvalue weighted by Crippen LogP contribution is 2.20. The van der Waals surface area contributed by atoms with Crippen LogP contribution in [0.15, 0.2) is 37.6 Å². The lowest BCUT2D eigenvalue weighted by Gasteiger charge is -2.31. The van der Waals surface area contributed by atoms with E-state index in [1.165, 1.54) is 49.4 Å². The Morgan fingerprint density at radius 3 is 1.71 bits per heavy atom. The number of carbonyl (C=O) groups excluding carboxylic acids is 6. The van der Waals surface area contributed by atoms with Gasteiger partial charge in [-0.25, -0.2) is 19.7 Å². The number of carboxylic acids is 1. The van der Waals surface area contributed by atoms with Gasteiger partial charge in [0.25, 0.3) is 0 Å². The van der Waals surface area contributed by atoms with Crippen LogP contribution in [-0.4, -0.2) is 153 Å². The Hall–Kier alpha value is -6.20. The molecule has 0 saturated carbocycles. The lowest BCUT2D eigenvalue weighted by molar-refractivity contribution is -0.145. The third kappa shape index (κ3) is 12.6. The van der Waals surface area contributed by atoms with E-state index in [1.54, 1.807) is 13.8 Å². The Bertz CT molecular complexity index is 1860. The molecule has 3 aromatic rings. The SMILES string of the molecule is CC[C@H](C)[C@H](NC(=O)[C@H](Cc1cnc[nH]1)NC(=O)[C@@H](N)[C@@H](C)O)C(=O)N[C@@H](Cc1cnc[nH]1)C(=O)N[C@@H](Cc1cnc[nH]1)C(=O)N1CCC[C@H]1C(=O)N[C@@H](CO)C(=O)O. The number of H-pyrrole nitrogens is 3. The van der Waals surface area contributed by atoms with E-state index in [-0.39, 0.29) is 32.2 Å². The van der Waals surface area contributed by atoms with Gasteiger partial charge >= 0.3 is 5.97 Å². The van der Waals surface area contributed by atoms with Crippen LogP contribution in [0.25, 0.3) is 0 Å². The van der Waals surface area contributed by atoms with Gasteiger partial charge < -0.3 is 67.5 Å². The molecule has 0 radical (unpaired) electrons. The largest absolute Gasteiger partial charge is 0.480 e. The molecule has 322 valence electrons. The van der Waals surface area contributed by atoms with Crippen LogP contribution in [0.2, 0.25) is 0 Å². The molecule has 1 aliphatic rings. The number of likely N-dealkylation sites (tertiary alicyclic amines) is 1. The molecule has 1 saturated heterocycles. The van der Waals surface area contributed by atoms with Crippen molar-refractivity contribution in [2.24, 2.45) is 11.7 Å². The fraction of sp³-hybridized carbons (Fsp3) is 0.556. The molecule has 1 fully saturated rings. The molecule has 1 aliphatic heterocycles. The van der Waals surface area contributed by atoms with E-state index >= 15 is 0 Å². The molecule has 0 spiro atoms. The average molecular weight is 828 g/mol. The smallest absolute Gasteiger partial charge is 0.328 e. The van der Waals surface area contributed by atoms with Gasteiger partial charge in [-0.3, -0.25) is 28.8 Å².